The van der Waals surface area contributed by atoms with Gasteiger partial charge in [0.05, 0.1) is 6.61 Å². The van der Waals surface area contributed by atoms with Crippen LogP contribution < -0.4 is 0 Å². The van der Waals surface area contributed by atoms with Crippen molar-refractivity contribution in [1.29, 1.82) is 0 Å². The standard InChI is InChI=1S/C13H27ClO2Si/c1-7-8-15-13(14)9-12(11(2)3)10-16-17(4,5)6/h7,11-13H,1,8-10H2,2-6H3. The van der Waals surface area contributed by atoms with Crippen LogP contribution in [0.2, 0.25) is 19.6 Å². The highest BCUT2D eigenvalue weighted by Gasteiger charge is 2.22. The Hall–Kier alpha value is 0.167. The van der Waals surface area contributed by atoms with Crippen LogP contribution in [0, 0.1) is 11.8 Å². The Labute approximate surface area is 112 Å². The summed E-state index contributed by atoms with van der Waals surface area (Å²) in [6.07, 6.45) is 2.55. The summed E-state index contributed by atoms with van der Waals surface area (Å²) in [5.74, 6) is 1.01. The maximum atomic E-state index is 6.13. The van der Waals surface area contributed by atoms with Crippen LogP contribution in [0.15, 0.2) is 12.7 Å². The minimum Gasteiger partial charge on any atom is -0.417 e. The van der Waals surface area contributed by atoms with Crippen LogP contribution in [-0.2, 0) is 9.16 Å². The molecule has 0 aromatic heterocycles. The Morgan fingerprint density at radius 3 is 2.29 bits per heavy atom. The van der Waals surface area contributed by atoms with Gasteiger partial charge in [-0.05, 0) is 37.9 Å². The van der Waals surface area contributed by atoms with Crippen molar-refractivity contribution in [2.24, 2.45) is 11.8 Å². The fraction of sp³-hybridized carbons (Fsp3) is 0.846. The molecule has 2 nitrogen and oxygen atoms in total. The number of ether oxygens (including phenoxy) is 1. The molecule has 0 aromatic rings. The third-order valence-corrected chi connectivity index (χ3v) is 3.89. The van der Waals surface area contributed by atoms with Crippen LogP contribution in [0.5, 0.6) is 0 Å². The lowest BCUT2D eigenvalue weighted by molar-refractivity contribution is 0.0883. The summed E-state index contributed by atoms with van der Waals surface area (Å²) >= 11 is 6.13. The second-order valence-corrected chi connectivity index (χ2v) is 10.7. The van der Waals surface area contributed by atoms with Crippen LogP contribution in [-0.4, -0.2) is 27.1 Å². The van der Waals surface area contributed by atoms with Crippen molar-refractivity contribution < 1.29 is 9.16 Å². The zero-order chi connectivity index (χ0) is 13.5. The van der Waals surface area contributed by atoms with Gasteiger partial charge in [-0.15, -0.1) is 6.58 Å². The third kappa shape index (κ3) is 9.83. The normalized spacial score (nSPS) is 15.9. The second-order valence-electron chi connectivity index (χ2n) is 5.70. The Morgan fingerprint density at radius 1 is 1.29 bits per heavy atom. The van der Waals surface area contributed by atoms with E-state index in [0.29, 0.717) is 18.4 Å². The van der Waals surface area contributed by atoms with Crippen molar-refractivity contribution in [2.45, 2.75) is 45.5 Å². The van der Waals surface area contributed by atoms with Gasteiger partial charge in [0.1, 0.15) is 5.56 Å². The van der Waals surface area contributed by atoms with Gasteiger partial charge in [-0.25, -0.2) is 0 Å². The molecule has 17 heavy (non-hydrogen) atoms. The summed E-state index contributed by atoms with van der Waals surface area (Å²) in [7, 11) is -1.44. The van der Waals surface area contributed by atoms with E-state index in [2.05, 4.69) is 40.1 Å². The molecule has 0 bridgehead atoms. The van der Waals surface area contributed by atoms with Crippen molar-refractivity contribution in [2.75, 3.05) is 13.2 Å². The molecule has 0 spiro atoms. The number of hydrogen-bond donors (Lipinski definition) is 0. The average molecular weight is 279 g/mol. The smallest absolute Gasteiger partial charge is 0.183 e. The van der Waals surface area contributed by atoms with Crippen LogP contribution in [0.1, 0.15) is 20.3 Å². The lowest BCUT2D eigenvalue weighted by Crippen LogP contribution is -2.31. The summed E-state index contributed by atoms with van der Waals surface area (Å²) in [6, 6.07) is 0. The van der Waals surface area contributed by atoms with E-state index in [4.69, 9.17) is 20.8 Å². The third-order valence-electron chi connectivity index (χ3n) is 2.56. The molecule has 0 aliphatic rings. The molecule has 0 rings (SSSR count). The maximum Gasteiger partial charge on any atom is 0.183 e. The van der Waals surface area contributed by atoms with E-state index in [1.54, 1.807) is 6.08 Å². The second kappa shape index (κ2) is 8.30. The predicted octanol–water partition coefficient (Wildman–Crippen LogP) is 4.27. The van der Waals surface area contributed by atoms with Crippen LogP contribution in [0.25, 0.3) is 0 Å². The molecule has 4 heteroatoms. The van der Waals surface area contributed by atoms with Gasteiger partial charge in [0.2, 0.25) is 0 Å². The molecule has 0 fully saturated rings. The van der Waals surface area contributed by atoms with E-state index in [0.717, 1.165) is 13.0 Å². The molecule has 0 amide bonds. The average Bonchev–Trinajstić information content (AvgIpc) is 2.19. The SMILES string of the molecule is C=CCOC(Cl)CC(CO[Si](C)(C)C)C(C)C. The molecule has 0 aliphatic heterocycles. The largest absolute Gasteiger partial charge is 0.417 e. The molecule has 0 aliphatic carbocycles. The maximum absolute atomic E-state index is 6.13. The quantitative estimate of drug-likeness (QED) is 0.356. The Balaban J connectivity index is 4.10. The highest BCUT2D eigenvalue weighted by molar-refractivity contribution is 6.69. The van der Waals surface area contributed by atoms with Crippen LogP contribution in [0.3, 0.4) is 0 Å². The highest BCUT2D eigenvalue weighted by Crippen LogP contribution is 2.22. The number of rotatable bonds is 9. The molecule has 0 heterocycles. The minimum atomic E-state index is -1.44. The van der Waals surface area contributed by atoms with E-state index in [1.165, 1.54) is 0 Å². The molecule has 2 unspecified atom stereocenters. The Kier molecular flexibility index (Phi) is 8.38. The van der Waals surface area contributed by atoms with Crippen molar-refractivity contribution in [3.05, 3.63) is 12.7 Å². The first kappa shape index (κ1) is 17.2. The fourth-order valence-corrected chi connectivity index (χ4v) is 2.38. The van der Waals surface area contributed by atoms with Crippen molar-refractivity contribution in [3.63, 3.8) is 0 Å². The van der Waals surface area contributed by atoms with Gasteiger partial charge in [-0.1, -0.05) is 31.5 Å². The van der Waals surface area contributed by atoms with Gasteiger partial charge in [-0.3, -0.25) is 0 Å². The number of halogens is 1. The fourth-order valence-electron chi connectivity index (χ4n) is 1.37. The van der Waals surface area contributed by atoms with Gasteiger partial charge >= 0.3 is 0 Å². The van der Waals surface area contributed by atoms with E-state index < -0.39 is 8.32 Å². The van der Waals surface area contributed by atoms with Gasteiger partial charge in [0.25, 0.3) is 0 Å². The van der Waals surface area contributed by atoms with E-state index in [9.17, 15) is 0 Å². The first-order valence-electron chi connectivity index (χ1n) is 6.26. The van der Waals surface area contributed by atoms with Gasteiger partial charge < -0.3 is 9.16 Å². The molecule has 0 saturated heterocycles. The van der Waals surface area contributed by atoms with E-state index >= 15 is 0 Å². The molecule has 0 aromatic carbocycles. The zero-order valence-electron chi connectivity index (χ0n) is 11.8. The van der Waals surface area contributed by atoms with E-state index in [-0.39, 0.29) is 5.56 Å². The first-order chi connectivity index (χ1) is 7.76. The van der Waals surface area contributed by atoms with Gasteiger partial charge in [0, 0.05) is 6.61 Å². The topological polar surface area (TPSA) is 18.5 Å². The zero-order valence-corrected chi connectivity index (χ0v) is 13.6. The summed E-state index contributed by atoms with van der Waals surface area (Å²) in [4.78, 5) is 0. The molecular weight excluding hydrogens is 252 g/mol. The Morgan fingerprint density at radius 2 is 1.88 bits per heavy atom. The van der Waals surface area contributed by atoms with Crippen LogP contribution in [0.4, 0.5) is 0 Å². The van der Waals surface area contributed by atoms with E-state index in [1.807, 2.05) is 0 Å². The van der Waals surface area contributed by atoms with Crippen molar-refractivity contribution in [1.82, 2.24) is 0 Å². The molecule has 0 radical (unpaired) electrons. The van der Waals surface area contributed by atoms with Crippen molar-refractivity contribution in [3.8, 4) is 0 Å². The monoisotopic (exact) mass is 278 g/mol. The molecule has 0 saturated carbocycles. The first-order valence-corrected chi connectivity index (χ1v) is 10.1. The predicted molar refractivity (Wildman–Crippen MR) is 78.0 cm³/mol. The highest BCUT2D eigenvalue weighted by atomic mass is 35.5. The number of alkyl halides is 1. The Bertz CT molecular complexity index is 214. The molecule has 102 valence electrons. The molecular formula is C13H27ClO2Si. The lowest BCUT2D eigenvalue weighted by Gasteiger charge is -2.27. The lowest BCUT2D eigenvalue weighted by atomic mass is 9.94. The van der Waals surface area contributed by atoms with Gasteiger partial charge in [0.15, 0.2) is 8.32 Å². The van der Waals surface area contributed by atoms with Crippen LogP contribution >= 0.6 is 11.6 Å². The summed E-state index contributed by atoms with van der Waals surface area (Å²) in [5, 5.41) is 0. The summed E-state index contributed by atoms with van der Waals surface area (Å²) < 4.78 is 11.4. The minimum absolute atomic E-state index is 0.245. The molecule has 2 atom stereocenters. The van der Waals surface area contributed by atoms with Crippen molar-refractivity contribution >= 4 is 19.9 Å². The number of hydrogen-bond acceptors (Lipinski definition) is 2. The molecule has 0 N–H and O–H groups in total. The summed E-state index contributed by atoms with van der Waals surface area (Å²) in [6.45, 7) is 15.9. The summed E-state index contributed by atoms with van der Waals surface area (Å²) in [5.41, 5.74) is -0.245. The van der Waals surface area contributed by atoms with Gasteiger partial charge in [-0.2, -0.15) is 0 Å².